The molecule has 3 N–H and O–H groups in total. The summed E-state index contributed by atoms with van der Waals surface area (Å²) in [5.41, 5.74) is 7.11. The van der Waals surface area contributed by atoms with Crippen molar-refractivity contribution >= 4 is 16.8 Å². The van der Waals surface area contributed by atoms with Crippen molar-refractivity contribution in [3.8, 4) is 5.75 Å². The van der Waals surface area contributed by atoms with Gasteiger partial charge in [-0.1, -0.05) is 13.3 Å². The van der Waals surface area contributed by atoms with Crippen LogP contribution in [0.3, 0.4) is 0 Å². The molecule has 0 atom stereocenters. The van der Waals surface area contributed by atoms with Crippen LogP contribution in [0.5, 0.6) is 5.75 Å². The molecule has 0 aliphatic carbocycles. The third-order valence-corrected chi connectivity index (χ3v) is 2.87. The number of carbonyl (C=O) groups excluding carboxylic acids is 1. The Labute approximate surface area is 106 Å². The first kappa shape index (κ1) is 12.5. The van der Waals surface area contributed by atoms with Gasteiger partial charge in [-0.3, -0.25) is 4.79 Å². The second-order valence-corrected chi connectivity index (χ2v) is 4.37. The number of rotatable bonds is 6. The maximum absolute atomic E-state index is 10.9. The van der Waals surface area contributed by atoms with E-state index in [1.807, 2.05) is 24.4 Å². The van der Waals surface area contributed by atoms with Gasteiger partial charge in [0, 0.05) is 23.2 Å². The largest absolute Gasteiger partial charge is 0.494 e. The summed E-state index contributed by atoms with van der Waals surface area (Å²) in [5, 5.41) is 1.02. The molecule has 4 heteroatoms. The minimum Gasteiger partial charge on any atom is -0.494 e. The van der Waals surface area contributed by atoms with Gasteiger partial charge in [-0.2, -0.15) is 0 Å². The summed E-state index contributed by atoms with van der Waals surface area (Å²) >= 11 is 0. The van der Waals surface area contributed by atoms with Gasteiger partial charge in [0.25, 0.3) is 0 Å². The second-order valence-electron chi connectivity index (χ2n) is 4.37. The first-order chi connectivity index (χ1) is 8.70. The van der Waals surface area contributed by atoms with Gasteiger partial charge in [0.1, 0.15) is 5.75 Å². The molecule has 18 heavy (non-hydrogen) atoms. The number of hydrogen-bond donors (Lipinski definition) is 2. The molecule has 1 aromatic carbocycles. The number of unbranched alkanes of at least 4 members (excludes halogenated alkanes) is 1. The van der Waals surface area contributed by atoms with Crippen molar-refractivity contribution in [2.45, 2.75) is 26.2 Å². The molecule has 0 saturated heterocycles. The fraction of sp³-hybridized carbons (Fsp3) is 0.357. The van der Waals surface area contributed by atoms with Crippen LogP contribution in [-0.4, -0.2) is 17.5 Å². The molecular weight excluding hydrogens is 228 g/mol. The summed E-state index contributed by atoms with van der Waals surface area (Å²) in [4.78, 5) is 14.1. The number of carbonyl (C=O) groups is 1. The molecule has 0 saturated carbocycles. The van der Waals surface area contributed by atoms with Crippen LogP contribution in [0, 0.1) is 0 Å². The lowest BCUT2D eigenvalue weighted by atomic mass is 10.1. The van der Waals surface area contributed by atoms with Crippen LogP contribution in [0.25, 0.3) is 10.9 Å². The van der Waals surface area contributed by atoms with Crippen LogP contribution in [-0.2, 0) is 11.2 Å². The van der Waals surface area contributed by atoms with Crippen LogP contribution in [0.4, 0.5) is 0 Å². The molecule has 0 bridgehead atoms. The fourth-order valence-corrected chi connectivity index (χ4v) is 1.92. The Kier molecular flexibility index (Phi) is 3.87. The zero-order valence-electron chi connectivity index (χ0n) is 10.5. The van der Waals surface area contributed by atoms with Crippen molar-refractivity contribution in [1.82, 2.24) is 4.98 Å². The Bertz CT molecular complexity index is 546. The number of nitrogens with two attached hydrogens (primary N) is 1. The van der Waals surface area contributed by atoms with Gasteiger partial charge in [0.15, 0.2) is 0 Å². The lowest BCUT2D eigenvalue weighted by molar-refractivity contribution is -0.117. The normalized spacial score (nSPS) is 10.7. The number of nitrogens with one attached hydrogen (secondary N) is 1. The number of ether oxygens (including phenoxy) is 1. The maximum atomic E-state index is 10.9. The van der Waals surface area contributed by atoms with Gasteiger partial charge in [-0.05, 0) is 24.1 Å². The summed E-state index contributed by atoms with van der Waals surface area (Å²) in [6.07, 6.45) is 4.25. The number of amides is 1. The molecule has 1 aromatic heterocycles. The van der Waals surface area contributed by atoms with Crippen LogP contribution in [0.15, 0.2) is 24.4 Å². The van der Waals surface area contributed by atoms with E-state index in [0.717, 1.165) is 41.7 Å². The molecular formula is C14H18N2O2. The number of H-pyrrole nitrogens is 1. The number of benzene rings is 1. The zero-order chi connectivity index (χ0) is 13.0. The van der Waals surface area contributed by atoms with E-state index in [-0.39, 0.29) is 12.3 Å². The minimum absolute atomic E-state index is 0.260. The van der Waals surface area contributed by atoms with Gasteiger partial charge in [-0.25, -0.2) is 0 Å². The average molecular weight is 246 g/mol. The maximum Gasteiger partial charge on any atom is 0.221 e. The van der Waals surface area contributed by atoms with Crippen LogP contribution >= 0.6 is 0 Å². The molecule has 96 valence electrons. The van der Waals surface area contributed by atoms with E-state index in [9.17, 15) is 4.79 Å². The molecule has 0 unspecified atom stereocenters. The number of primary amides is 1. The van der Waals surface area contributed by atoms with Crippen LogP contribution < -0.4 is 10.5 Å². The van der Waals surface area contributed by atoms with Gasteiger partial charge in [0.05, 0.1) is 13.0 Å². The first-order valence-corrected chi connectivity index (χ1v) is 6.22. The van der Waals surface area contributed by atoms with E-state index in [0.29, 0.717) is 0 Å². The summed E-state index contributed by atoms with van der Waals surface area (Å²) in [5.74, 6) is 0.530. The monoisotopic (exact) mass is 246 g/mol. The zero-order valence-corrected chi connectivity index (χ0v) is 10.5. The van der Waals surface area contributed by atoms with Gasteiger partial charge in [-0.15, -0.1) is 0 Å². The van der Waals surface area contributed by atoms with E-state index in [1.54, 1.807) is 0 Å². The number of aromatic amines is 1. The van der Waals surface area contributed by atoms with Gasteiger partial charge < -0.3 is 15.5 Å². The molecule has 0 aliphatic heterocycles. The molecule has 0 aliphatic rings. The number of fused-ring (bicyclic) bond motifs is 1. The standard InChI is InChI=1S/C14H18N2O2/c1-2-3-6-18-11-4-5-12-10(7-14(15)17)9-16-13(12)8-11/h4-5,8-9,16H,2-3,6-7H2,1H3,(H2,15,17). The minimum atomic E-state index is -0.320. The molecule has 1 amide bonds. The van der Waals surface area contributed by atoms with Crippen molar-refractivity contribution in [2.75, 3.05) is 6.61 Å². The van der Waals surface area contributed by atoms with Crippen molar-refractivity contribution in [3.63, 3.8) is 0 Å². The molecule has 1 heterocycles. The highest BCUT2D eigenvalue weighted by Crippen LogP contribution is 2.23. The lowest BCUT2D eigenvalue weighted by Gasteiger charge is -2.05. The fourth-order valence-electron chi connectivity index (χ4n) is 1.92. The van der Waals surface area contributed by atoms with Crippen LogP contribution in [0.2, 0.25) is 0 Å². The van der Waals surface area contributed by atoms with E-state index in [4.69, 9.17) is 10.5 Å². The third-order valence-electron chi connectivity index (χ3n) is 2.87. The third kappa shape index (κ3) is 2.83. The van der Waals surface area contributed by atoms with E-state index >= 15 is 0 Å². The van der Waals surface area contributed by atoms with Crippen molar-refractivity contribution in [3.05, 3.63) is 30.0 Å². The predicted octanol–water partition coefficient (Wildman–Crippen LogP) is 2.37. The van der Waals surface area contributed by atoms with E-state index in [2.05, 4.69) is 11.9 Å². The SMILES string of the molecule is CCCCOc1ccc2c(CC(N)=O)c[nH]c2c1. The molecule has 2 aromatic rings. The topological polar surface area (TPSA) is 68.1 Å². The number of aromatic nitrogens is 1. The Balaban J connectivity index is 2.17. The summed E-state index contributed by atoms with van der Waals surface area (Å²) in [7, 11) is 0. The predicted molar refractivity (Wildman–Crippen MR) is 71.6 cm³/mol. The molecule has 4 nitrogen and oxygen atoms in total. The highest BCUT2D eigenvalue weighted by atomic mass is 16.5. The Hall–Kier alpha value is -1.97. The first-order valence-electron chi connectivity index (χ1n) is 6.22. The van der Waals surface area contributed by atoms with E-state index in [1.165, 1.54) is 0 Å². The summed E-state index contributed by atoms with van der Waals surface area (Å²) in [6, 6.07) is 5.84. The van der Waals surface area contributed by atoms with Gasteiger partial charge >= 0.3 is 0 Å². The molecule has 0 radical (unpaired) electrons. The van der Waals surface area contributed by atoms with E-state index < -0.39 is 0 Å². The van der Waals surface area contributed by atoms with Crippen molar-refractivity contribution in [1.29, 1.82) is 0 Å². The smallest absolute Gasteiger partial charge is 0.221 e. The molecule has 2 rings (SSSR count). The lowest BCUT2D eigenvalue weighted by Crippen LogP contribution is -2.13. The Morgan fingerprint density at radius 2 is 2.28 bits per heavy atom. The Morgan fingerprint density at radius 1 is 1.44 bits per heavy atom. The quantitative estimate of drug-likeness (QED) is 0.768. The average Bonchev–Trinajstić information content (AvgIpc) is 2.72. The van der Waals surface area contributed by atoms with Crippen molar-refractivity contribution < 1.29 is 9.53 Å². The molecule has 0 fully saturated rings. The second kappa shape index (κ2) is 5.58. The summed E-state index contributed by atoms with van der Waals surface area (Å²) in [6.45, 7) is 2.87. The Morgan fingerprint density at radius 3 is 3.00 bits per heavy atom. The number of hydrogen-bond acceptors (Lipinski definition) is 2. The van der Waals surface area contributed by atoms with Crippen molar-refractivity contribution in [2.24, 2.45) is 5.73 Å². The van der Waals surface area contributed by atoms with Crippen LogP contribution in [0.1, 0.15) is 25.3 Å². The highest BCUT2D eigenvalue weighted by Gasteiger charge is 2.07. The highest BCUT2D eigenvalue weighted by molar-refractivity contribution is 5.89. The van der Waals surface area contributed by atoms with Gasteiger partial charge in [0.2, 0.25) is 5.91 Å². The summed E-state index contributed by atoms with van der Waals surface area (Å²) < 4.78 is 5.63. The molecule has 0 spiro atoms.